The van der Waals surface area contributed by atoms with Crippen molar-refractivity contribution in [3.05, 3.63) is 35.9 Å². The number of carboxylic acid groups (broad SMARTS) is 3. The van der Waals surface area contributed by atoms with Gasteiger partial charge in [0.1, 0.15) is 42.3 Å². The van der Waals surface area contributed by atoms with E-state index in [2.05, 4.69) is 42.5 Å². The van der Waals surface area contributed by atoms with Crippen molar-refractivity contribution in [1.29, 1.82) is 5.41 Å². The lowest BCUT2D eigenvalue weighted by Gasteiger charge is -2.29. The second kappa shape index (κ2) is 31.8. The first-order valence-corrected chi connectivity index (χ1v) is 23.6. The number of nitrogens with one attached hydrogen (secondary N) is 9. The van der Waals surface area contributed by atoms with Gasteiger partial charge >= 0.3 is 17.9 Å². The van der Waals surface area contributed by atoms with Crippen LogP contribution in [0.2, 0.25) is 0 Å². The molecule has 18 N–H and O–H groups in total. The molecule has 0 aromatic heterocycles. The number of amides is 8. The van der Waals surface area contributed by atoms with E-state index < -0.39 is 152 Å². The number of rotatable bonds is 34. The van der Waals surface area contributed by atoms with Crippen molar-refractivity contribution in [3.8, 4) is 0 Å². The third-order valence-electron chi connectivity index (χ3n) is 11.3. The predicted octanol–water partition coefficient (Wildman–Crippen LogP) is -2.35. The van der Waals surface area contributed by atoms with E-state index in [-0.39, 0.29) is 50.0 Å². The summed E-state index contributed by atoms with van der Waals surface area (Å²) in [6, 6.07) is -3.33. The molecule has 1 rings (SSSR count). The highest BCUT2D eigenvalue weighted by Gasteiger charge is 2.36. The number of benzene rings is 1. The van der Waals surface area contributed by atoms with Gasteiger partial charge in [0.25, 0.3) is 0 Å². The Balaban J connectivity index is 3.59. The van der Waals surface area contributed by atoms with Crippen LogP contribution in [0, 0.1) is 23.2 Å². The molecular formula is C46H74N12O14. The fraction of sp³-hybridized carbons (Fsp3) is 0.609. The Morgan fingerprint density at radius 2 is 1.04 bits per heavy atom. The minimum atomic E-state index is -1.75. The van der Waals surface area contributed by atoms with Crippen LogP contribution in [0.5, 0.6) is 0 Å². The molecule has 0 fully saturated rings. The van der Waals surface area contributed by atoms with Crippen LogP contribution in [0.25, 0.3) is 0 Å². The molecule has 72 heavy (non-hydrogen) atoms. The van der Waals surface area contributed by atoms with E-state index in [1.807, 2.05) is 0 Å². The molecule has 26 nitrogen and oxygen atoms in total. The number of carboxylic acids is 3. The third kappa shape index (κ3) is 24.0. The van der Waals surface area contributed by atoms with Gasteiger partial charge in [-0.2, -0.15) is 0 Å². The van der Waals surface area contributed by atoms with E-state index in [4.69, 9.17) is 27.7 Å². The van der Waals surface area contributed by atoms with E-state index in [1.54, 1.807) is 71.9 Å². The molecule has 0 aliphatic carbocycles. The summed E-state index contributed by atoms with van der Waals surface area (Å²) >= 11 is 0. The van der Waals surface area contributed by atoms with Crippen molar-refractivity contribution in [2.45, 2.75) is 154 Å². The quantitative estimate of drug-likeness (QED) is 0.0195. The zero-order chi connectivity index (χ0) is 54.8. The van der Waals surface area contributed by atoms with Crippen LogP contribution in [-0.4, -0.2) is 141 Å². The highest BCUT2D eigenvalue weighted by molar-refractivity contribution is 5.99. The zero-order valence-corrected chi connectivity index (χ0v) is 41.6. The van der Waals surface area contributed by atoms with Gasteiger partial charge in [0, 0.05) is 25.8 Å². The maximum absolute atomic E-state index is 14.4. The van der Waals surface area contributed by atoms with E-state index in [9.17, 15) is 63.0 Å². The van der Waals surface area contributed by atoms with Gasteiger partial charge in [0.15, 0.2) is 5.96 Å². The number of primary amides is 1. The standard InChI is InChI=1S/C46H74N12O14/c1-7-25(6)36(48)43(69)53-28(15-17-34(60)61)39(65)56-32(22-33(47)59)42(68)58-37(24(4)5)44(70)57-31(21-26-12-9-8-10-13-26)41(67)52-27(14-11-19-51-46(49)50)38(64)55-30(20-23(2)3)40(66)54-29(45(71)72)16-18-35(62)63/h8-10,12-13,23-25,27-32,36-37H,7,11,14-22,48H2,1-6H3,(H2,47,59)(H,52,67)(H,53,69)(H,54,66)(H,55,64)(H,56,65)(H,57,70)(H,58,68)(H,60,61)(H,62,63)(H,71,72)(H4,49,50,51). The molecule has 1 aromatic carbocycles. The van der Waals surface area contributed by atoms with E-state index in [0.29, 0.717) is 12.0 Å². The lowest BCUT2D eigenvalue weighted by molar-refractivity contribution is -0.143. The average Bonchev–Trinajstić information content (AvgIpc) is 3.29. The number of guanidine groups is 1. The summed E-state index contributed by atoms with van der Waals surface area (Å²) in [6.45, 7) is 10.1. The summed E-state index contributed by atoms with van der Waals surface area (Å²) in [4.78, 5) is 143. The van der Waals surface area contributed by atoms with Crippen LogP contribution in [0.15, 0.2) is 30.3 Å². The first-order valence-electron chi connectivity index (χ1n) is 23.6. The first-order chi connectivity index (χ1) is 33.7. The van der Waals surface area contributed by atoms with Crippen molar-refractivity contribution < 1.29 is 68.1 Å². The fourth-order valence-electron chi connectivity index (χ4n) is 6.95. The van der Waals surface area contributed by atoms with Crippen molar-refractivity contribution >= 4 is 71.1 Å². The number of carbonyl (C=O) groups excluding carboxylic acids is 8. The molecule has 402 valence electrons. The van der Waals surface area contributed by atoms with Crippen molar-refractivity contribution in [2.75, 3.05) is 6.54 Å². The van der Waals surface area contributed by atoms with Crippen LogP contribution in [0.4, 0.5) is 0 Å². The molecule has 0 heterocycles. The smallest absolute Gasteiger partial charge is 0.326 e. The number of hydrogen-bond acceptors (Lipinski definition) is 13. The monoisotopic (exact) mass is 1020 g/mol. The van der Waals surface area contributed by atoms with Crippen molar-refractivity contribution in [2.24, 2.45) is 35.0 Å². The lowest BCUT2D eigenvalue weighted by Crippen LogP contribution is -2.61. The molecule has 9 unspecified atom stereocenters. The van der Waals surface area contributed by atoms with Gasteiger partial charge in [-0.15, -0.1) is 0 Å². The summed E-state index contributed by atoms with van der Waals surface area (Å²) in [7, 11) is 0. The molecular weight excluding hydrogens is 945 g/mol. The Morgan fingerprint density at radius 1 is 0.583 bits per heavy atom. The minimum absolute atomic E-state index is 0.0106. The molecule has 0 saturated heterocycles. The topological polar surface area (TPSA) is 447 Å². The molecule has 8 amide bonds. The average molecular weight is 1020 g/mol. The van der Waals surface area contributed by atoms with Gasteiger partial charge in [-0.25, -0.2) is 4.79 Å². The van der Waals surface area contributed by atoms with Gasteiger partial charge in [0.2, 0.25) is 47.3 Å². The fourth-order valence-corrected chi connectivity index (χ4v) is 6.95. The summed E-state index contributed by atoms with van der Waals surface area (Å²) in [5, 5.41) is 55.4. The maximum Gasteiger partial charge on any atom is 0.326 e. The number of hydrogen-bond donors (Lipinski definition) is 15. The third-order valence-corrected chi connectivity index (χ3v) is 11.3. The molecule has 1 aromatic rings. The first kappa shape index (κ1) is 62.6. The minimum Gasteiger partial charge on any atom is -0.481 e. The summed E-state index contributed by atoms with van der Waals surface area (Å²) in [6.07, 6.45) is -2.52. The molecule has 0 saturated carbocycles. The maximum atomic E-state index is 14.4. The molecule has 0 aliphatic rings. The molecule has 0 aliphatic heterocycles. The zero-order valence-electron chi connectivity index (χ0n) is 41.6. The number of aliphatic carboxylic acids is 3. The number of nitrogens with two attached hydrogens (primary N) is 3. The van der Waals surface area contributed by atoms with Gasteiger partial charge in [-0.1, -0.05) is 78.3 Å². The highest BCUT2D eigenvalue weighted by atomic mass is 16.4. The Bertz CT molecular complexity index is 2060. The SMILES string of the molecule is CCC(C)C(N)C(=O)NC(CCC(=O)O)C(=O)NC(CC(N)=O)C(=O)NC(C(=O)NC(Cc1ccccc1)C(=O)NC(CCCNC(=N)N)C(=O)NC(CC(C)C)C(=O)NC(CCC(=O)O)C(=O)O)C(C)C. The second-order valence-corrected chi connectivity index (χ2v) is 18.2. The van der Waals surface area contributed by atoms with Crippen molar-refractivity contribution in [1.82, 2.24) is 42.5 Å². The summed E-state index contributed by atoms with van der Waals surface area (Å²) < 4.78 is 0. The Hall–Kier alpha value is -7.38. The predicted molar refractivity (Wildman–Crippen MR) is 260 cm³/mol. The lowest BCUT2D eigenvalue weighted by atomic mass is 9.98. The molecule has 26 heteroatoms. The Labute approximate surface area is 417 Å². The van der Waals surface area contributed by atoms with Crippen LogP contribution < -0.4 is 59.7 Å². The molecule has 0 bridgehead atoms. The van der Waals surface area contributed by atoms with Gasteiger partial charge in [0.05, 0.1) is 12.5 Å². The van der Waals surface area contributed by atoms with Crippen LogP contribution in [0.1, 0.15) is 105 Å². The van der Waals surface area contributed by atoms with Gasteiger partial charge < -0.3 is 75.1 Å². The van der Waals surface area contributed by atoms with Crippen molar-refractivity contribution in [3.63, 3.8) is 0 Å². The normalized spacial score (nSPS) is 14.8. The van der Waals surface area contributed by atoms with Gasteiger partial charge in [-0.3, -0.25) is 53.4 Å². The Kier molecular flexibility index (Phi) is 27.6. The molecule has 9 atom stereocenters. The summed E-state index contributed by atoms with van der Waals surface area (Å²) in [5.41, 5.74) is 17.4. The van der Waals surface area contributed by atoms with E-state index in [0.717, 1.165) is 0 Å². The van der Waals surface area contributed by atoms with Crippen LogP contribution >= 0.6 is 0 Å². The number of carbonyl (C=O) groups is 11. The van der Waals surface area contributed by atoms with Crippen LogP contribution in [0.3, 0.4) is 0 Å². The Morgan fingerprint density at radius 3 is 1.54 bits per heavy atom. The van der Waals surface area contributed by atoms with E-state index >= 15 is 0 Å². The van der Waals surface area contributed by atoms with Gasteiger partial charge in [-0.05, 0) is 55.4 Å². The highest BCUT2D eigenvalue weighted by Crippen LogP contribution is 2.13. The second-order valence-electron chi connectivity index (χ2n) is 18.2. The molecule has 0 radical (unpaired) electrons. The largest absolute Gasteiger partial charge is 0.481 e. The molecule has 0 spiro atoms. The van der Waals surface area contributed by atoms with Crippen LogP contribution in [-0.2, 0) is 59.2 Å². The summed E-state index contributed by atoms with van der Waals surface area (Å²) in [5.74, 6) is -13.4. The van der Waals surface area contributed by atoms with E-state index in [1.165, 1.54) is 0 Å².